The van der Waals surface area contributed by atoms with Crippen LogP contribution in [-0.2, 0) is 0 Å². The molecule has 6 nitrogen and oxygen atoms in total. The number of hydrogen-bond donors (Lipinski definition) is 1. The molecule has 118 valence electrons. The molecule has 7 heteroatoms. The van der Waals surface area contributed by atoms with Gasteiger partial charge in [-0.3, -0.25) is 0 Å². The first-order valence-electron chi connectivity index (χ1n) is 7.74. The summed E-state index contributed by atoms with van der Waals surface area (Å²) in [5.74, 6) is 1.58. The van der Waals surface area contributed by atoms with Gasteiger partial charge < -0.3 is 10.2 Å². The second kappa shape index (κ2) is 6.62. The first kappa shape index (κ1) is 15.2. The molecule has 0 radical (unpaired) electrons. The molecule has 2 aromatic rings. The molecule has 3 heterocycles. The van der Waals surface area contributed by atoms with Gasteiger partial charge in [-0.25, -0.2) is 0 Å². The smallest absolute Gasteiger partial charge is 0.250 e. The minimum atomic E-state index is 0. The lowest BCUT2D eigenvalue weighted by atomic mass is 9.85. The number of rotatable bonds is 2. The maximum atomic E-state index is 4.26. The van der Waals surface area contributed by atoms with Crippen molar-refractivity contribution in [3.8, 4) is 5.69 Å². The fourth-order valence-electron chi connectivity index (χ4n) is 3.54. The zero-order valence-electron chi connectivity index (χ0n) is 12.4. The van der Waals surface area contributed by atoms with Crippen molar-refractivity contribution in [3.63, 3.8) is 0 Å². The molecule has 2 fully saturated rings. The number of para-hydroxylation sites is 1. The summed E-state index contributed by atoms with van der Waals surface area (Å²) in [5, 5.41) is 16.0. The number of piperidine rings is 2. The molecule has 0 aliphatic carbocycles. The van der Waals surface area contributed by atoms with Crippen LogP contribution in [0.3, 0.4) is 0 Å². The molecule has 0 saturated carbocycles. The summed E-state index contributed by atoms with van der Waals surface area (Å²) in [4.78, 5) is 2.33. The Kier molecular flexibility index (Phi) is 4.59. The number of fused-ring (bicyclic) bond motifs is 1. The summed E-state index contributed by atoms with van der Waals surface area (Å²) >= 11 is 0. The lowest BCUT2D eigenvalue weighted by Gasteiger charge is -2.41. The van der Waals surface area contributed by atoms with E-state index in [1.165, 1.54) is 25.8 Å². The van der Waals surface area contributed by atoms with Crippen molar-refractivity contribution >= 4 is 18.4 Å². The number of anilines is 1. The first-order chi connectivity index (χ1) is 10.4. The Bertz CT molecular complexity index is 601. The molecule has 2 atom stereocenters. The molecule has 2 aliphatic heterocycles. The van der Waals surface area contributed by atoms with Gasteiger partial charge in [-0.1, -0.05) is 23.3 Å². The highest BCUT2D eigenvalue weighted by Gasteiger charge is 2.32. The molecular formula is C15H21ClN6. The van der Waals surface area contributed by atoms with Gasteiger partial charge in [0, 0.05) is 19.1 Å². The minimum Gasteiger partial charge on any atom is -0.339 e. The van der Waals surface area contributed by atoms with Crippen molar-refractivity contribution in [1.82, 2.24) is 25.5 Å². The minimum absolute atomic E-state index is 0. The maximum absolute atomic E-state index is 4.26. The van der Waals surface area contributed by atoms with Gasteiger partial charge >= 0.3 is 0 Å². The van der Waals surface area contributed by atoms with E-state index < -0.39 is 0 Å². The maximum Gasteiger partial charge on any atom is 0.250 e. The van der Waals surface area contributed by atoms with Crippen LogP contribution in [-0.4, -0.2) is 45.9 Å². The van der Waals surface area contributed by atoms with Gasteiger partial charge in [0.15, 0.2) is 0 Å². The van der Waals surface area contributed by atoms with Gasteiger partial charge in [0.2, 0.25) is 5.95 Å². The summed E-state index contributed by atoms with van der Waals surface area (Å²) in [5.41, 5.74) is 1.02. The Balaban J connectivity index is 0.00000144. The monoisotopic (exact) mass is 320 g/mol. The van der Waals surface area contributed by atoms with Crippen molar-refractivity contribution in [2.75, 3.05) is 24.5 Å². The Labute approximate surface area is 136 Å². The van der Waals surface area contributed by atoms with Crippen LogP contribution in [0, 0.1) is 5.92 Å². The van der Waals surface area contributed by atoms with Gasteiger partial charge in [0.25, 0.3) is 0 Å². The number of tetrazole rings is 1. The topological polar surface area (TPSA) is 58.9 Å². The molecule has 1 N–H and O–H groups in total. The number of benzene rings is 1. The normalized spacial score (nSPS) is 24.5. The lowest BCUT2D eigenvalue weighted by Crippen LogP contribution is -2.52. The van der Waals surface area contributed by atoms with Crippen molar-refractivity contribution in [2.24, 2.45) is 5.92 Å². The zero-order chi connectivity index (χ0) is 14.1. The molecule has 1 aromatic carbocycles. The molecule has 2 aliphatic rings. The van der Waals surface area contributed by atoms with Crippen LogP contribution in [0.5, 0.6) is 0 Å². The Morgan fingerprint density at radius 2 is 2.00 bits per heavy atom. The van der Waals surface area contributed by atoms with E-state index in [2.05, 4.69) is 25.7 Å². The highest BCUT2D eigenvalue weighted by molar-refractivity contribution is 5.85. The molecular weight excluding hydrogens is 300 g/mol. The number of aromatic nitrogens is 4. The van der Waals surface area contributed by atoms with Crippen molar-refractivity contribution < 1.29 is 0 Å². The van der Waals surface area contributed by atoms with Gasteiger partial charge in [-0.15, -0.1) is 12.4 Å². The average Bonchev–Trinajstić information content (AvgIpc) is 3.05. The van der Waals surface area contributed by atoms with Crippen LogP contribution in [0.15, 0.2) is 30.3 Å². The fourth-order valence-corrected chi connectivity index (χ4v) is 3.54. The van der Waals surface area contributed by atoms with Crippen LogP contribution < -0.4 is 10.2 Å². The largest absolute Gasteiger partial charge is 0.339 e. The number of nitrogens with one attached hydrogen (secondary N) is 1. The van der Waals surface area contributed by atoms with Crippen molar-refractivity contribution in [2.45, 2.75) is 25.3 Å². The van der Waals surface area contributed by atoms with Gasteiger partial charge in [0.05, 0.1) is 5.69 Å². The zero-order valence-corrected chi connectivity index (χ0v) is 13.2. The summed E-state index contributed by atoms with van der Waals surface area (Å²) in [7, 11) is 0. The van der Waals surface area contributed by atoms with Crippen molar-refractivity contribution in [3.05, 3.63) is 30.3 Å². The highest BCUT2D eigenvalue weighted by atomic mass is 35.5. The van der Waals surface area contributed by atoms with Crippen LogP contribution >= 0.6 is 12.4 Å². The van der Waals surface area contributed by atoms with E-state index in [0.29, 0.717) is 12.0 Å². The molecule has 4 rings (SSSR count). The van der Waals surface area contributed by atoms with Crippen LogP contribution in [0.2, 0.25) is 0 Å². The van der Waals surface area contributed by atoms with Gasteiger partial charge in [-0.2, -0.15) is 4.68 Å². The number of nitrogens with zero attached hydrogens (tertiary/aromatic N) is 5. The van der Waals surface area contributed by atoms with Crippen LogP contribution in [0.25, 0.3) is 5.69 Å². The second-order valence-corrected chi connectivity index (χ2v) is 5.92. The standard InChI is InChI=1S/C15H20N6.ClH/c1-2-6-13(7-3-1)21-15(17-18-19-21)20-10-8-14-12(11-20)5-4-9-16-14;/h1-3,6-7,12,14,16H,4-5,8-11H2;1H/t12-,14+;/m1./s1. The predicted octanol–water partition coefficient (Wildman–Crippen LogP) is 1.66. The fraction of sp³-hybridized carbons (Fsp3) is 0.533. The molecule has 2 saturated heterocycles. The van der Waals surface area contributed by atoms with Crippen LogP contribution in [0.4, 0.5) is 5.95 Å². The molecule has 1 aromatic heterocycles. The van der Waals surface area contributed by atoms with E-state index in [0.717, 1.165) is 24.7 Å². The molecule has 0 unspecified atom stereocenters. The third kappa shape index (κ3) is 2.80. The van der Waals surface area contributed by atoms with E-state index in [1.807, 2.05) is 35.0 Å². The highest BCUT2D eigenvalue weighted by Crippen LogP contribution is 2.27. The quantitative estimate of drug-likeness (QED) is 0.912. The Morgan fingerprint density at radius 1 is 1.14 bits per heavy atom. The first-order valence-corrected chi connectivity index (χ1v) is 7.74. The van der Waals surface area contributed by atoms with Crippen molar-refractivity contribution in [1.29, 1.82) is 0 Å². The van der Waals surface area contributed by atoms with Gasteiger partial charge in [-0.05, 0) is 54.3 Å². The summed E-state index contributed by atoms with van der Waals surface area (Å²) in [6.07, 6.45) is 3.76. The molecule has 0 bridgehead atoms. The summed E-state index contributed by atoms with van der Waals surface area (Å²) in [6.45, 7) is 3.23. The van der Waals surface area contributed by atoms with E-state index in [-0.39, 0.29) is 12.4 Å². The molecule has 0 spiro atoms. The molecule has 0 amide bonds. The molecule has 22 heavy (non-hydrogen) atoms. The second-order valence-electron chi connectivity index (χ2n) is 5.92. The van der Waals surface area contributed by atoms with E-state index in [1.54, 1.807) is 0 Å². The lowest BCUT2D eigenvalue weighted by molar-refractivity contribution is 0.243. The third-order valence-electron chi connectivity index (χ3n) is 4.63. The van der Waals surface area contributed by atoms with E-state index in [4.69, 9.17) is 0 Å². The van der Waals surface area contributed by atoms with E-state index in [9.17, 15) is 0 Å². The van der Waals surface area contributed by atoms with E-state index >= 15 is 0 Å². The number of halogens is 1. The average molecular weight is 321 g/mol. The number of hydrogen-bond acceptors (Lipinski definition) is 5. The Hall–Kier alpha value is -1.66. The Morgan fingerprint density at radius 3 is 2.86 bits per heavy atom. The third-order valence-corrected chi connectivity index (χ3v) is 4.63. The van der Waals surface area contributed by atoms with Gasteiger partial charge in [0.1, 0.15) is 0 Å². The summed E-state index contributed by atoms with van der Waals surface area (Å²) in [6, 6.07) is 10.8. The van der Waals surface area contributed by atoms with Crippen LogP contribution in [0.1, 0.15) is 19.3 Å². The summed E-state index contributed by atoms with van der Waals surface area (Å²) < 4.78 is 1.84. The SMILES string of the molecule is Cl.c1ccc(-n2nnnc2N2CC[C@@H]3NCCC[C@@H]3C2)cc1. The predicted molar refractivity (Wildman–Crippen MR) is 87.7 cm³/mol.